The minimum absolute atomic E-state index is 0.170. The molecule has 2 N–H and O–H groups in total. The zero-order valence-electron chi connectivity index (χ0n) is 9.06. The van der Waals surface area contributed by atoms with Gasteiger partial charge in [0.1, 0.15) is 11.9 Å². The Morgan fingerprint density at radius 1 is 1.47 bits per heavy atom. The first-order valence-corrected chi connectivity index (χ1v) is 5.58. The minimum atomic E-state index is -0.170. The summed E-state index contributed by atoms with van der Waals surface area (Å²) < 4.78 is 1.94. The van der Waals surface area contributed by atoms with Gasteiger partial charge < -0.3 is 10.3 Å². The molecule has 2 aromatic rings. The molecule has 0 aliphatic rings. The molecule has 0 bridgehead atoms. The monoisotopic (exact) mass is 222 g/mol. The number of nitrogens with zero attached hydrogens (tertiary/aromatic N) is 3. The van der Waals surface area contributed by atoms with Crippen molar-refractivity contribution in [2.75, 3.05) is 0 Å². The number of hydrogen-bond acceptors (Lipinski definition) is 4. The Morgan fingerprint density at radius 3 is 2.67 bits per heavy atom. The molecule has 0 spiro atoms. The van der Waals surface area contributed by atoms with Gasteiger partial charge in [0.15, 0.2) is 0 Å². The van der Waals surface area contributed by atoms with E-state index < -0.39 is 0 Å². The van der Waals surface area contributed by atoms with Crippen molar-refractivity contribution in [1.82, 2.24) is 14.5 Å². The van der Waals surface area contributed by atoms with Crippen molar-refractivity contribution in [3.05, 3.63) is 33.8 Å². The molecule has 5 heteroatoms. The average Bonchev–Trinajstić information content (AvgIpc) is 2.71. The van der Waals surface area contributed by atoms with Gasteiger partial charge in [0, 0.05) is 19.4 Å². The van der Waals surface area contributed by atoms with Gasteiger partial charge in [-0.2, -0.15) is 0 Å². The number of imidazole rings is 1. The van der Waals surface area contributed by atoms with E-state index in [0.717, 1.165) is 21.4 Å². The molecule has 15 heavy (non-hydrogen) atoms. The molecule has 0 aliphatic heterocycles. The van der Waals surface area contributed by atoms with Crippen molar-refractivity contribution >= 4 is 11.3 Å². The van der Waals surface area contributed by atoms with Gasteiger partial charge >= 0.3 is 0 Å². The first kappa shape index (κ1) is 10.3. The van der Waals surface area contributed by atoms with E-state index in [4.69, 9.17) is 5.73 Å². The SMILES string of the molecule is Cc1nc(C)c(C(N)c2nccn2C)s1. The Labute approximate surface area is 92.8 Å². The average molecular weight is 222 g/mol. The second-order valence-corrected chi connectivity index (χ2v) is 4.79. The normalized spacial score (nSPS) is 13.1. The summed E-state index contributed by atoms with van der Waals surface area (Å²) in [6, 6.07) is -0.170. The van der Waals surface area contributed by atoms with E-state index in [1.54, 1.807) is 17.5 Å². The van der Waals surface area contributed by atoms with Crippen LogP contribution in [0.2, 0.25) is 0 Å². The molecule has 0 fully saturated rings. The fourth-order valence-electron chi connectivity index (χ4n) is 1.63. The van der Waals surface area contributed by atoms with Gasteiger partial charge in [0.25, 0.3) is 0 Å². The molecule has 4 nitrogen and oxygen atoms in total. The lowest BCUT2D eigenvalue weighted by atomic mass is 10.2. The van der Waals surface area contributed by atoms with E-state index in [9.17, 15) is 0 Å². The molecular weight excluding hydrogens is 208 g/mol. The van der Waals surface area contributed by atoms with Crippen molar-refractivity contribution in [3.63, 3.8) is 0 Å². The Balaban J connectivity index is 2.40. The molecule has 2 rings (SSSR count). The van der Waals surface area contributed by atoms with E-state index in [0.29, 0.717) is 0 Å². The Hall–Kier alpha value is -1.20. The Kier molecular flexibility index (Phi) is 2.58. The predicted octanol–water partition coefficient (Wildman–Crippen LogP) is 1.54. The standard InChI is InChI=1S/C10H14N4S/c1-6-9(15-7(2)13-6)8(11)10-12-4-5-14(10)3/h4-5,8H,11H2,1-3H3. The van der Waals surface area contributed by atoms with E-state index in [-0.39, 0.29) is 6.04 Å². The number of nitrogens with two attached hydrogens (primary N) is 1. The van der Waals surface area contributed by atoms with Crippen LogP contribution in [0.3, 0.4) is 0 Å². The summed E-state index contributed by atoms with van der Waals surface area (Å²) >= 11 is 1.64. The molecule has 80 valence electrons. The lowest BCUT2D eigenvalue weighted by Gasteiger charge is -2.09. The maximum Gasteiger partial charge on any atom is 0.130 e. The Bertz CT molecular complexity index is 471. The third-order valence-electron chi connectivity index (χ3n) is 2.36. The van der Waals surface area contributed by atoms with Crippen molar-refractivity contribution in [3.8, 4) is 0 Å². The highest BCUT2D eigenvalue weighted by Gasteiger charge is 2.18. The second-order valence-electron chi connectivity index (χ2n) is 3.56. The zero-order chi connectivity index (χ0) is 11.0. The molecule has 1 unspecified atom stereocenters. The van der Waals surface area contributed by atoms with Crippen LogP contribution in [-0.2, 0) is 7.05 Å². The third kappa shape index (κ3) is 1.80. The van der Waals surface area contributed by atoms with Crippen molar-refractivity contribution in [2.45, 2.75) is 19.9 Å². The first-order valence-electron chi connectivity index (χ1n) is 4.76. The summed E-state index contributed by atoms with van der Waals surface area (Å²) in [7, 11) is 1.95. The molecule has 0 aliphatic carbocycles. The first-order chi connectivity index (χ1) is 7.09. The van der Waals surface area contributed by atoms with Crippen molar-refractivity contribution in [1.29, 1.82) is 0 Å². The lowest BCUT2D eigenvalue weighted by Crippen LogP contribution is -2.16. The topological polar surface area (TPSA) is 56.7 Å². The van der Waals surface area contributed by atoms with E-state index in [2.05, 4.69) is 9.97 Å². The summed E-state index contributed by atoms with van der Waals surface area (Å²) in [5.74, 6) is 0.877. The van der Waals surface area contributed by atoms with Crippen LogP contribution in [0.1, 0.15) is 27.4 Å². The molecule has 1 atom stereocenters. The highest BCUT2D eigenvalue weighted by molar-refractivity contribution is 7.11. The number of aromatic nitrogens is 3. The van der Waals surface area contributed by atoms with Crippen LogP contribution in [0.25, 0.3) is 0 Å². The van der Waals surface area contributed by atoms with Crippen LogP contribution >= 0.6 is 11.3 Å². The second kappa shape index (κ2) is 3.75. The highest BCUT2D eigenvalue weighted by Crippen LogP contribution is 2.26. The summed E-state index contributed by atoms with van der Waals surface area (Å²) in [6.45, 7) is 3.98. The van der Waals surface area contributed by atoms with Gasteiger partial charge in [-0.05, 0) is 13.8 Å². The summed E-state index contributed by atoms with van der Waals surface area (Å²) in [5.41, 5.74) is 7.17. The summed E-state index contributed by atoms with van der Waals surface area (Å²) in [4.78, 5) is 9.73. The zero-order valence-corrected chi connectivity index (χ0v) is 9.88. The highest BCUT2D eigenvalue weighted by atomic mass is 32.1. The minimum Gasteiger partial charge on any atom is -0.336 e. The van der Waals surface area contributed by atoms with Gasteiger partial charge in [0.05, 0.1) is 15.6 Å². The van der Waals surface area contributed by atoms with Crippen LogP contribution < -0.4 is 5.73 Å². The molecule has 2 aromatic heterocycles. The van der Waals surface area contributed by atoms with Crippen molar-refractivity contribution < 1.29 is 0 Å². The number of thiazole rings is 1. The van der Waals surface area contributed by atoms with Gasteiger partial charge in [-0.25, -0.2) is 9.97 Å². The fourth-order valence-corrected chi connectivity index (χ4v) is 2.56. The third-order valence-corrected chi connectivity index (χ3v) is 3.51. The van der Waals surface area contributed by atoms with Crippen LogP contribution in [0.15, 0.2) is 12.4 Å². The molecule has 0 saturated heterocycles. The van der Waals surface area contributed by atoms with E-state index in [1.807, 2.05) is 31.7 Å². The molecule has 0 aromatic carbocycles. The number of rotatable bonds is 2. The summed E-state index contributed by atoms with van der Waals surface area (Å²) in [5, 5.41) is 1.05. The quantitative estimate of drug-likeness (QED) is 0.838. The van der Waals surface area contributed by atoms with Gasteiger partial charge in [-0.15, -0.1) is 11.3 Å². The largest absolute Gasteiger partial charge is 0.336 e. The smallest absolute Gasteiger partial charge is 0.130 e. The maximum atomic E-state index is 6.16. The fraction of sp³-hybridized carbons (Fsp3) is 0.400. The van der Waals surface area contributed by atoms with Crippen LogP contribution in [0, 0.1) is 13.8 Å². The number of aryl methyl sites for hydroxylation is 3. The molecule has 2 heterocycles. The van der Waals surface area contributed by atoms with Gasteiger partial charge in [-0.3, -0.25) is 0 Å². The predicted molar refractivity (Wildman–Crippen MR) is 60.8 cm³/mol. The van der Waals surface area contributed by atoms with Crippen molar-refractivity contribution in [2.24, 2.45) is 12.8 Å². The summed E-state index contributed by atoms with van der Waals surface area (Å²) in [6.07, 6.45) is 3.66. The van der Waals surface area contributed by atoms with Gasteiger partial charge in [-0.1, -0.05) is 0 Å². The molecule has 0 amide bonds. The molecule has 0 saturated carbocycles. The van der Waals surface area contributed by atoms with Gasteiger partial charge in [0.2, 0.25) is 0 Å². The molecular formula is C10H14N4S. The van der Waals surface area contributed by atoms with Crippen LogP contribution in [0.5, 0.6) is 0 Å². The lowest BCUT2D eigenvalue weighted by molar-refractivity contribution is 0.721. The Morgan fingerprint density at radius 2 is 2.20 bits per heavy atom. The van der Waals surface area contributed by atoms with Crippen LogP contribution in [-0.4, -0.2) is 14.5 Å². The van der Waals surface area contributed by atoms with E-state index >= 15 is 0 Å². The van der Waals surface area contributed by atoms with E-state index in [1.165, 1.54) is 0 Å². The van der Waals surface area contributed by atoms with Crippen LogP contribution in [0.4, 0.5) is 0 Å². The maximum absolute atomic E-state index is 6.16. The number of hydrogen-bond donors (Lipinski definition) is 1. The molecule has 0 radical (unpaired) electrons.